The van der Waals surface area contributed by atoms with Gasteiger partial charge < -0.3 is 10.5 Å². The quantitative estimate of drug-likeness (QED) is 0.492. The standard InChI is InChI=1S/C9H12.H2O2/c1-8(2)9-6-4-3-5-7-9;1-2/h3-8H,1-2H3;1-2H/p-1. The fourth-order valence-corrected chi connectivity index (χ4v) is 0.838. The first-order chi connectivity index (χ1) is 5.30. The molecule has 0 aromatic heterocycles. The molecule has 1 rings (SSSR count). The van der Waals surface area contributed by atoms with E-state index in [9.17, 15) is 0 Å². The predicted molar refractivity (Wildman–Crippen MR) is 43.2 cm³/mol. The highest BCUT2D eigenvalue weighted by Gasteiger charge is 1.93. The highest BCUT2D eigenvalue weighted by atomic mass is 17.0. The first kappa shape index (κ1) is 10.1. The van der Waals surface area contributed by atoms with Crippen LogP contribution in [0.3, 0.4) is 0 Å². The van der Waals surface area contributed by atoms with Crippen LogP contribution in [0.1, 0.15) is 25.3 Å². The summed E-state index contributed by atoms with van der Waals surface area (Å²) in [6.45, 7) is 4.41. The second-order valence-corrected chi connectivity index (χ2v) is 2.57. The average Bonchev–Trinajstić information content (AvgIpc) is 2.10. The minimum absolute atomic E-state index is 0.659. The third-order valence-electron chi connectivity index (χ3n) is 1.47. The van der Waals surface area contributed by atoms with Gasteiger partial charge in [-0.1, -0.05) is 44.2 Å². The maximum Gasteiger partial charge on any atom is -0.0219 e. The molecule has 0 radical (unpaired) electrons. The molecule has 0 amide bonds. The van der Waals surface area contributed by atoms with Gasteiger partial charge in [0.25, 0.3) is 0 Å². The Kier molecular flexibility index (Phi) is 5.43. The molecule has 0 heterocycles. The van der Waals surface area contributed by atoms with Gasteiger partial charge in [-0.3, -0.25) is 0 Å². The van der Waals surface area contributed by atoms with Crippen LogP contribution >= 0.6 is 0 Å². The maximum absolute atomic E-state index is 7.25. The lowest BCUT2D eigenvalue weighted by atomic mass is 10.0. The van der Waals surface area contributed by atoms with E-state index >= 15 is 0 Å². The zero-order valence-corrected chi connectivity index (χ0v) is 6.82. The van der Waals surface area contributed by atoms with Gasteiger partial charge in [-0.15, -0.1) is 0 Å². The monoisotopic (exact) mass is 153 g/mol. The van der Waals surface area contributed by atoms with E-state index in [1.54, 1.807) is 0 Å². The lowest BCUT2D eigenvalue weighted by Gasteiger charge is -2.01. The summed E-state index contributed by atoms with van der Waals surface area (Å²) < 4.78 is 0. The summed E-state index contributed by atoms with van der Waals surface area (Å²) in [5, 5.41) is 13.0. The summed E-state index contributed by atoms with van der Waals surface area (Å²) in [6, 6.07) is 10.5. The van der Waals surface area contributed by atoms with Crippen LogP contribution in [0.5, 0.6) is 0 Å². The third kappa shape index (κ3) is 3.75. The third-order valence-corrected chi connectivity index (χ3v) is 1.47. The highest BCUT2D eigenvalue weighted by molar-refractivity contribution is 5.17. The van der Waals surface area contributed by atoms with Crippen LogP contribution in [-0.4, -0.2) is 5.26 Å². The second-order valence-electron chi connectivity index (χ2n) is 2.57. The van der Waals surface area contributed by atoms with Gasteiger partial charge >= 0.3 is 0 Å². The average molecular weight is 153 g/mol. The Morgan fingerprint density at radius 3 is 1.82 bits per heavy atom. The molecular formula is C9H13O2-. The van der Waals surface area contributed by atoms with Crippen molar-refractivity contribution in [2.24, 2.45) is 0 Å². The molecule has 62 valence electrons. The van der Waals surface area contributed by atoms with Crippen molar-refractivity contribution in [1.82, 2.24) is 0 Å². The Balaban J connectivity index is 0.000000461. The van der Waals surface area contributed by atoms with Gasteiger partial charge in [0.2, 0.25) is 0 Å². The number of hydrogen-bond acceptors (Lipinski definition) is 2. The lowest BCUT2D eigenvalue weighted by Crippen LogP contribution is -1.84. The molecule has 0 atom stereocenters. The molecule has 1 N–H and O–H groups in total. The summed E-state index contributed by atoms with van der Waals surface area (Å²) in [5.74, 6) is 0.659. The lowest BCUT2D eigenvalue weighted by molar-refractivity contribution is -0.670. The fourth-order valence-electron chi connectivity index (χ4n) is 0.838. The van der Waals surface area contributed by atoms with Gasteiger partial charge in [0, 0.05) is 0 Å². The highest BCUT2D eigenvalue weighted by Crippen LogP contribution is 2.11. The molecule has 1 aromatic rings. The maximum atomic E-state index is 7.25. The van der Waals surface area contributed by atoms with E-state index < -0.39 is 0 Å². The molecule has 0 aliphatic carbocycles. The first-order valence-corrected chi connectivity index (χ1v) is 3.54. The van der Waals surface area contributed by atoms with Gasteiger partial charge in [0.15, 0.2) is 0 Å². The molecule has 2 heteroatoms. The van der Waals surface area contributed by atoms with Gasteiger partial charge in [0.1, 0.15) is 0 Å². The molecule has 1 aromatic carbocycles. The summed E-state index contributed by atoms with van der Waals surface area (Å²) in [5.41, 5.74) is 1.41. The van der Waals surface area contributed by atoms with Crippen molar-refractivity contribution in [2.75, 3.05) is 0 Å². The Morgan fingerprint density at radius 2 is 1.55 bits per heavy atom. The Morgan fingerprint density at radius 1 is 1.09 bits per heavy atom. The van der Waals surface area contributed by atoms with Crippen LogP contribution in [0, 0.1) is 0 Å². The molecule has 0 aliphatic heterocycles. The second kappa shape index (κ2) is 5.89. The van der Waals surface area contributed by atoms with E-state index in [2.05, 4.69) is 38.1 Å². The van der Waals surface area contributed by atoms with Crippen LogP contribution in [0.2, 0.25) is 0 Å². The number of rotatable bonds is 1. The zero-order chi connectivity index (χ0) is 8.69. The molecule has 0 aliphatic rings. The minimum Gasteiger partial charge on any atom is -0.727 e. The number of benzene rings is 1. The molecule has 0 spiro atoms. The van der Waals surface area contributed by atoms with Crippen molar-refractivity contribution in [2.45, 2.75) is 19.8 Å². The van der Waals surface area contributed by atoms with E-state index in [0.29, 0.717) is 5.92 Å². The molecule has 0 saturated carbocycles. The molecule has 0 unspecified atom stereocenters. The van der Waals surface area contributed by atoms with E-state index in [-0.39, 0.29) is 0 Å². The van der Waals surface area contributed by atoms with Crippen molar-refractivity contribution >= 4 is 0 Å². The smallest absolute Gasteiger partial charge is 0.0219 e. The number of hydrogen-bond donors (Lipinski definition) is 1. The van der Waals surface area contributed by atoms with Crippen LogP contribution in [0.15, 0.2) is 30.3 Å². The Bertz CT molecular complexity index is 170. The van der Waals surface area contributed by atoms with E-state index in [4.69, 9.17) is 10.5 Å². The largest absolute Gasteiger partial charge is 0.727 e. The normalized spacial score (nSPS) is 8.82. The SMILES string of the molecule is CC(C)c1ccccc1.[O-]O. The van der Waals surface area contributed by atoms with Gasteiger partial charge in [-0.25, -0.2) is 0 Å². The van der Waals surface area contributed by atoms with Crippen molar-refractivity contribution < 1.29 is 10.5 Å². The minimum atomic E-state index is 0.659. The molecule has 0 fully saturated rings. The molecule has 11 heavy (non-hydrogen) atoms. The summed E-state index contributed by atoms with van der Waals surface area (Å²) in [6.07, 6.45) is 0. The molecular weight excluding hydrogens is 140 g/mol. The van der Waals surface area contributed by atoms with Gasteiger partial charge in [-0.2, -0.15) is 0 Å². The molecule has 2 nitrogen and oxygen atoms in total. The van der Waals surface area contributed by atoms with E-state index in [1.165, 1.54) is 5.56 Å². The van der Waals surface area contributed by atoms with Crippen LogP contribution in [-0.2, 0) is 0 Å². The van der Waals surface area contributed by atoms with Crippen molar-refractivity contribution in [3.05, 3.63) is 35.9 Å². The topological polar surface area (TPSA) is 43.3 Å². The fraction of sp³-hybridized carbons (Fsp3) is 0.333. The Labute approximate surface area is 67.0 Å². The summed E-state index contributed by atoms with van der Waals surface area (Å²) >= 11 is 0. The van der Waals surface area contributed by atoms with E-state index in [0.717, 1.165) is 0 Å². The van der Waals surface area contributed by atoms with Gasteiger partial charge in [0.05, 0.1) is 0 Å². The summed E-state index contributed by atoms with van der Waals surface area (Å²) in [4.78, 5) is 0. The Hall–Kier alpha value is -0.860. The zero-order valence-electron chi connectivity index (χ0n) is 6.82. The predicted octanol–water partition coefficient (Wildman–Crippen LogP) is 1.63. The summed E-state index contributed by atoms with van der Waals surface area (Å²) in [7, 11) is 0. The van der Waals surface area contributed by atoms with E-state index in [1.807, 2.05) is 6.07 Å². The van der Waals surface area contributed by atoms with Crippen molar-refractivity contribution in [3.63, 3.8) is 0 Å². The van der Waals surface area contributed by atoms with Crippen LogP contribution in [0.25, 0.3) is 0 Å². The van der Waals surface area contributed by atoms with Crippen LogP contribution < -0.4 is 5.26 Å². The van der Waals surface area contributed by atoms with Crippen molar-refractivity contribution in [1.29, 1.82) is 0 Å². The van der Waals surface area contributed by atoms with Crippen LogP contribution in [0.4, 0.5) is 0 Å². The van der Waals surface area contributed by atoms with Crippen molar-refractivity contribution in [3.8, 4) is 0 Å². The molecule has 0 bridgehead atoms. The first-order valence-electron chi connectivity index (χ1n) is 3.54. The van der Waals surface area contributed by atoms with Gasteiger partial charge in [-0.05, 0) is 11.5 Å². The molecule has 0 saturated heterocycles.